The van der Waals surface area contributed by atoms with Crippen LogP contribution in [-0.4, -0.2) is 63.9 Å². The molecule has 0 aliphatic carbocycles. The minimum Gasteiger partial charge on any atom is -0.480 e. The van der Waals surface area contributed by atoms with Crippen molar-refractivity contribution in [2.75, 3.05) is 24.6 Å². The van der Waals surface area contributed by atoms with Gasteiger partial charge in [-0.1, -0.05) is 6.92 Å². The Morgan fingerprint density at radius 1 is 1.05 bits per heavy atom. The molecule has 10 heteroatoms. The molecule has 9 nitrogen and oxygen atoms in total. The molecule has 120 valence electrons. The first-order valence-corrected chi connectivity index (χ1v) is 6.78. The maximum absolute atomic E-state index is 10.2. The Morgan fingerprint density at radius 2 is 1.40 bits per heavy atom. The molecule has 0 bridgehead atoms. The van der Waals surface area contributed by atoms with Crippen LogP contribution >= 0.6 is 11.8 Å². The summed E-state index contributed by atoms with van der Waals surface area (Å²) >= 11 is 1.71. The van der Waals surface area contributed by atoms with Crippen LogP contribution in [0.4, 0.5) is 0 Å². The molecule has 0 unspecified atom stereocenters. The quantitative estimate of drug-likeness (QED) is 0.305. The maximum atomic E-state index is 10.2. The number of nitrogens with two attached hydrogens (primary N) is 3. The molecule has 0 saturated heterocycles. The first-order chi connectivity index (χ1) is 9.22. The van der Waals surface area contributed by atoms with Gasteiger partial charge in [0, 0.05) is 0 Å². The lowest BCUT2D eigenvalue weighted by Gasteiger charge is -2.03. The molecule has 0 aromatic carbocycles. The van der Waals surface area contributed by atoms with Crippen molar-refractivity contribution in [3.05, 3.63) is 0 Å². The molecule has 0 amide bonds. The first kappa shape index (κ1) is 23.7. The number of hydrogen-bond acceptors (Lipinski definition) is 7. The molecule has 20 heavy (non-hydrogen) atoms. The Labute approximate surface area is 121 Å². The zero-order valence-corrected chi connectivity index (χ0v) is 12.1. The highest BCUT2D eigenvalue weighted by atomic mass is 32.2. The van der Waals surface area contributed by atoms with E-state index in [1.807, 2.05) is 6.92 Å². The summed E-state index contributed by atoms with van der Waals surface area (Å²) < 4.78 is 0. The van der Waals surface area contributed by atoms with Gasteiger partial charge in [0.25, 0.3) is 0 Å². The predicted molar refractivity (Wildman–Crippen MR) is 76.6 cm³/mol. The van der Waals surface area contributed by atoms with Crippen molar-refractivity contribution < 1.29 is 29.7 Å². The summed E-state index contributed by atoms with van der Waals surface area (Å²) in [4.78, 5) is 28.6. The molecule has 0 aliphatic rings. The molecule has 1 atom stereocenters. The second-order valence-electron chi connectivity index (χ2n) is 3.13. The summed E-state index contributed by atoms with van der Waals surface area (Å²) in [6.45, 7) is 1.48. The van der Waals surface area contributed by atoms with Crippen LogP contribution in [0, 0.1) is 0 Å². The fraction of sp³-hybridized carbons (Fsp3) is 0.700. The van der Waals surface area contributed by atoms with Crippen molar-refractivity contribution >= 4 is 29.7 Å². The average Bonchev–Trinajstić information content (AvgIpc) is 2.40. The van der Waals surface area contributed by atoms with Gasteiger partial charge < -0.3 is 32.5 Å². The summed E-state index contributed by atoms with van der Waals surface area (Å²) in [5.74, 6) is -0.984. The number of thioether (sulfide) groups is 1. The fourth-order valence-corrected chi connectivity index (χ4v) is 1.19. The van der Waals surface area contributed by atoms with E-state index in [1.54, 1.807) is 11.8 Å². The molecule has 0 aromatic heterocycles. The molecular weight excluding hydrogens is 290 g/mol. The number of aliphatic carboxylic acids is 3. The van der Waals surface area contributed by atoms with Gasteiger partial charge in [-0.3, -0.25) is 14.4 Å². The van der Waals surface area contributed by atoms with Crippen molar-refractivity contribution in [3.8, 4) is 0 Å². The summed E-state index contributed by atoms with van der Waals surface area (Å²) in [6.07, 6.45) is 0.563. The largest absolute Gasteiger partial charge is 0.480 e. The topological polar surface area (TPSA) is 190 Å². The smallest absolute Gasteiger partial charge is 0.320 e. The van der Waals surface area contributed by atoms with Gasteiger partial charge in [-0.15, -0.1) is 0 Å². The third-order valence-electron chi connectivity index (χ3n) is 1.44. The number of carbonyl (C=O) groups is 3. The Hall–Kier alpha value is -1.36. The number of hydrogen-bond donors (Lipinski definition) is 6. The van der Waals surface area contributed by atoms with Crippen LogP contribution in [0.15, 0.2) is 0 Å². The zero-order chi connectivity index (χ0) is 16.6. The normalized spacial score (nSPS) is 10.2. The highest BCUT2D eigenvalue weighted by Gasteiger charge is 2.09. The number of carboxylic acids is 3. The van der Waals surface area contributed by atoms with Crippen LogP contribution in [-0.2, 0) is 14.4 Å². The Balaban J connectivity index is -0.000000244. The van der Waals surface area contributed by atoms with Gasteiger partial charge in [0.15, 0.2) is 0 Å². The van der Waals surface area contributed by atoms with E-state index in [0.717, 1.165) is 11.5 Å². The Kier molecular flexibility index (Phi) is 20.9. The molecule has 0 aromatic rings. The third kappa shape index (κ3) is 30.0. The van der Waals surface area contributed by atoms with E-state index in [0.29, 0.717) is 6.42 Å². The van der Waals surface area contributed by atoms with Gasteiger partial charge in [-0.05, 0) is 17.9 Å². The standard InChI is InChI=1S/C6H13NO2S.2C2H5NO2/c1-2-10-4-3-5(7)6(8)9;2*3-1-2(4)5/h5H,2-4,7H2,1H3,(H,8,9);2*1,3H2,(H,4,5)/t5-;;/m0../s1. The Bertz CT molecular complexity index is 264. The van der Waals surface area contributed by atoms with Gasteiger partial charge in [0.1, 0.15) is 6.04 Å². The van der Waals surface area contributed by atoms with Crippen LogP contribution in [0.25, 0.3) is 0 Å². The van der Waals surface area contributed by atoms with E-state index in [9.17, 15) is 14.4 Å². The lowest BCUT2D eigenvalue weighted by Crippen LogP contribution is -2.30. The zero-order valence-electron chi connectivity index (χ0n) is 11.3. The van der Waals surface area contributed by atoms with E-state index < -0.39 is 23.9 Å². The molecule has 0 fully saturated rings. The highest BCUT2D eigenvalue weighted by molar-refractivity contribution is 7.99. The number of carboxylic acid groups (broad SMARTS) is 3. The molecule has 0 aliphatic heterocycles. The number of rotatable bonds is 7. The molecule has 0 saturated carbocycles. The SMILES string of the molecule is CCSCC[C@H](N)C(=O)O.NCC(=O)O.NCC(=O)O. The molecule has 9 N–H and O–H groups in total. The Morgan fingerprint density at radius 3 is 1.60 bits per heavy atom. The lowest BCUT2D eigenvalue weighted by molar-refractivity contribution is -0.138. The molecule has 0 rings (SSSR count). The van der Waals surface area contributed by atoms with Crippen LogP contribution in [0.5, 0.6) is 0 Å². The van der Waals surface area contributed by atoms with Crippen molar-refractivity contribution in [1.29, 1.82) is 0 Å². The molecular formula is C10H23N3O6S. The fourth-order valence-electron chi connectivity index (χ4n) is 0.478. The van der Waals surface area contributed by atoms with Gasteiger partial charge in [-0.25, -0.2) is 0 Å². The third-order valence-corrected chi connectivity index (χ3v) is 2.38. The molecule has 0 spiro atoms. The first-order valence-electron chi connectivity index (χ1n) is 5.62. The van der Waals surface area contributed by atoms with Crippen LogP contribution in [0.1, 0.15) is 13.3 Å². The van der Waals surface area contributed by atoms with Crippen LogP contribution < -0.4 is 17.2 Å². The second kappa shape index (κ2) is 17.6. The van der Waals surface area contributed by atoms with Crippen molar-refractivity contribution in [3.63, 3.8) is 0 Å². The van der Waals surface area contributed by atoms with Crippen molar-refractivity contribution in [1.82, 2.24) is 0 Å². The van der Waals surface area contributed by atoms with Gasteiger partial charge >= 0.3 is 17.9 Å². The summed E-state index contributed by atoms with van der Waals surface area (Å²) in [6, 6.07) is -0.681. The lowest BCUT2D eigenvalue weighted by atomic mass is 10.2. The molecule has 0 heterocycles. The minimum absolute atomic E-state index is 0.278. The van der Waals surface area contributed by atoms with Crippen molar-refractivity contribution in [2.24, 2.45) is 17.2 Å². The van der Waals surface area contributed by atoms with Gasteiger partial charge in [-0.2, -0.15) is 11.8 Å². The van der Waals surface area contributed by atoms with E-state index in [4.69, 9.17) is 21.1 Å². The van der Waals surface area contributed by atoms with E-state index in [1.165, 1.54) is 0 Å². The van der Waals surface area contributed by atoms with Crippen LogP contribution in [0.3, 0.4) is 0 Å². The second-order valence-corrected chi connectivity index (χ2v) is 4.52. The summed E-state index contributed by atoms with van der Waals surface area (Å²) in [7, 11) is 0. The van der Waals surface area contributed by atoms with Gasteiger partial charge in [0.05, 0.1) is 13.1 Å². The highest BCUT2D eigenvalue weighted by Crippen LogP contribution is 2.02. The van der Waals surface area contributed by atoms with Gasteiger partial charge in [0.2, 0.25) is 0 Å². The summed E-state index contributed by atoms with van der Waals surface area (Å²) in [5.41, 5.74) is 14.4. The maximum Gasteiger partial charge on any atom is 0.320 e. The van der Waals surface area contributed by atoms with Crippen LogP contribution in [0.2, 0.25) is 0 Å². The predicted octanol–water partition coefficient (Wildman–Crippen LogP) is -1.40. The van der Waals surface area contributed by atoms with E-state index in [2.05, 4.69) is 11.5 Å². The van der Waals surface area contributed by atoms with E-state index in [-0.39, 0.29) is 13.1 Å². The van der Waals surface area contributed by atoms with E-state index >= 15 is 0 Å². The summed E-state index contributed by atoms with van der Waals surface area (Å²) in [5, 5.41) is 23.5. The molecule has 0 radical (unpaired) electrons. The van der Waals surface area contributed by atoms with Crippen molar-refractivity contribution in [2.45, 2.75) is 19.4 Å². The average molecular weight is 313 g/mol. The minimum atomic E-state index is -0.968. The monoisotopic (exact) mass is 313 g/mol.